The second-order valence-corrected chi connectivity index (χ2v) is 7.98. The summed E-state index contributed by atoms with van der Waals surface area (Å²) in [6.45, 7) is -2.62. The van der Waals surface area contributed by atoms with Crippen LogP contribution in [-0.4, -0.2) is 129 Å². The van der Waals surface area contributed by atoms with E-state index in [0.717, 1.165) is 4.90 Å². The topological polar surface area (TPSA) is 193 Å². The van der Waals surface area contributed by atoms with Gasteiger partial charge in [-0.15, -0.1) is 0 Å². The van der Waals surface area contributed by atoms with Crippen molar-refractivity contribution in [2.75, 3.05) is 58.9 Å². The number of rotatable bonds is 18. The van der Waals surface area contributed by atoms with E-state index in [1.807, 2.05) is 0 Å². The molecule has 0 heterocycles. The van der Waals surface area contributed by atoms with Crippen LogP contribution >= 0.6 is 0 Å². The smallest absolute Gasteiger partial charge is 0.359 e. The van der Waals surface area contributed by atoms with Crippen LogP contribution in [0.25, 0.3) is 0 Å². The highest BCUT2D eigenvalue weighted by atomic mass is 16.4. The molecule has 1 rings (SSSR count). The first-order valence-electron chi connectivity index (χ1n) is 10.3. The normalized spacial score (nSPS) is 11.5. The predicted molar refractivity (Wildman–Crippen MR) is 116 cm³/mol. The fraction of sp³-hybridized carbons (Fsp3) is 0.476. The van der Waals surface area contributed by atoms with Crippen molar-refractivity contribution in [1.82, 2.24) is 9.80 Å². The fourth-order valence-corrected chi connectivity index (χ4v) is 3.64. The number of quaternary nitrogens is 1. The van der Waals surface area contributed by atoms with Gasteiger partial charge in [0.05, 0.1) is 26.2 Å². The summed E-state index contributed by atoms with van der Waals surface area (Å²) in [6.07, 6.45) is 0. The van der Waals surface area contributed by atoms with Gasteiger partial charge in [-0.25, -0.2) is 9.59 Å². The summed E-state index contributed by atoms with van der Waals surface area (Å²) in [4.78, 5) is 59.1. The summed E-state index contributed by atoms with van der Waals surface area (Å²) in [5, 5.41) is 46.1. The van der Waals surface area contributed by atoms with Gasteiger partial charge < -0.3 is 30.0 Å². The molecule has 0 spiro atoms. The van der Waals surface area contributed by atoms with Gasteiger partial charge in [-0.2, -0.15) is 0 Å². The molecule has 0 atom stereocenters. The zero-order valence-corrected chi connectivity index (χ0v) is 18.6. The Labute approximate surface area is 195 Å². The number of aliphatic carboxylic acids is 5. The molecule has 0 aliphatic heterocycles. The van der Waals surface area contributed by atoms with Gasteiger partial charge in [0.2, 0.25) is 0 Å². The molecule has 0 radical (unpaired) electrons. The highest BCUT2D eigenvalue weighted by molar-refractivity contribution is 5.72. The van der Waals surface area contributed by atoms with E-state index in [0.29, 0.717) is 5.56 Å². The number of carboxylic acid groups (broad SMARTS) is 5. The summed E-state index contributed by atoms with van der Waals surface area (Å²) in [5.41, 5.74) is 0.712. The van der Waals surface area contributed by atoms with Crippen molar-refractivity contribution in [3.63, 3.8) is 0 Å². The van der Waals surface area contributed by atoms with Gasteiger partial charge in [0.15, 0.2) is 13.1 Å². The van der Waals surface area contributed by atoms with E-state index in [2.05, 4.69) is 0 Å². The zero-order valence-electron chi connectivity index (χ0n) is 18.6. The van der Waals surface area contributed by atoms with E-state index in [4.69, 9.17) is 10.2 Å². The van der Waals surface area contributed by atoms with E-state index in [1.54, 1.807) is 30.3 Å². The van der Waals surface area contributed by atoms with Gasteiger partial charge in [-0.1, -0.05) is 30.3 Å². The van der Waals surface area contributed by atoms with Crippen molar-refractivity contribution in [1.29, 1.82) is 0 Å². The van der Waals surface area contributed by atoms with Crippen LogP contribution in [0.1, 0.15) is 5.56 Å². The van der Waals surface area contributed by atoms with Crippen molar-refractivity contribution in [3.05, 3.63) is 35.9 Å². The third-order valence-corrected chi connectivity index (χ3v) is 5.00. The minimum Gasteiger partial charge on any atom is -0.480 e. The lowest BCUT2D eigenvalue weighted by Gasteiger charge is -2.37. The van der Waals surface area contributed by atoms with Crippen LogP contribution in [-0.2, 0) is 30.5 Å². The maximum Gasteiger partial charge on any atom is 0.359 e. The number of hydrogen-bond donors (Lipinski definition) is 5. The Morgan fingerprint density at radius 3 is 1.50 bits per heavy atom. The Hall–Kier alpha value is -3.55. The van der Waals surface area contributed by atoms with Crippen LogP contribution in [0.2, 0.25) is 0 Å². The van der Waals surface area contributed by atoms with Gasteiger partial charge >= 0.3 is 29.8 Å². The number of nitrogens with zero attached hydrogens (tertiary/aromatic N) is 3. The number of carbonyl (C=O) groups is 5. The average molecular weight is 484 g/mol. The number of carboxylic acids is 5. The first kappa shape index (κ1) is 28.5. The predicted octanol–water partition coefficient (Wildman–Crippen LogP) is -0.970. The Morgan fingerprint density at radius 2 is 1.06 bits per heavy atom. The summed E-state index contributed by atoms with van der Waals surface area (Å²) in [6, 6.07) is 8.72. The third-order valence-electron chi connectivity index (χ3n) is 5.00. The molecule has 0 amide bonds. The minimum absolute atomic E-state index is 0.00627. The highest BCUT2D eigenvalue weighted by Gasteiger charge is 2.34. The van der Waals surface area contributed by atoms with Crippen molar-refractivity contribution in [2.24, 2.45) is 0 Å². The molecule has 0 saturated carbocycles. The van der Waals surface area contributed by atoms with E-state index in [-0.39, 0.29) is 37.2 Å². The minimum atomic E-state index is -1.24. The lowest BCUT2D eigenvalue weighted by atomic mass is 10.1. The van der Waals surface area contributed by atoms with Gasteiger partial charge in [0, 0.05) is 25.2 Å². The van der Waals surface area contributed by atoms with E-state index in [1.165, 1.54) is 4.90 Å². The molecule has 0 saturated heterocycles. The van der Waals surface area contributed by atoms with Gasteiger partial charge in [-0.3, -0.25) is 24.2 Å². The molecule has 0 aliphatic rings. The molecular formula is C21H30N3O10+. The second-order valence-electron chi connectivity index (χ2n) is 7.98. The van der Waals surface area contributed by atoms with Crippen LogP contribution in [0.4, 0.5) is 0 Å². The Bertz CT molecular complexity index is 830. The van der Waals surface area contributed by atoms with Crippen LogP contribution in [0, 0.1) is 0 Å². The van der Waals surface area contributed by atoms with E-state index < -0.39 is 62.6 Å². The van der Waals surface area contributed by atoms with Crippen molar-refractivity contribution < 1.29 is 54.0 Å². The monoisotopic (exact) mass is 484 g/mol. The molecule has 0 bridgehead atoms. The first-order valence-corrected chi connectivity index (χ1v) is 10.3. The van der Waals surface area contributed by atoms with Gasteiger partial charge in [0.1, 0.15) is 6.54 Å². The molecule has 5 N–H and O–H groups in total. The second kappa shape index (κ2) is 13.9. The molecule has 0 unspecified atom stereocenters. The molecule has 0 fully saturated rings. The van der Waals surface area contributed by atoms with Crippen molar-refractivity contribution >= 4 is 29.8 Å². The van der Waals surface area contributed by atoms with Gasteiger partial charge in [0.25, 0.3) is 0 Å². The van der Waals surface area contributed by atoms with Crippen LogP contribution in [0.3, 0.4) is 0 Å². The van der Waals surface area contributed by atoms with Crippen LogP contribution in [0.5, 0.6) is 0 Å². The standard InChI is InChI=1S/C21H29N3O10/c25-17(26)10-22(6-7-23(11-18(27)28)12-19(29)30)8-9-24(14-20(31)32,15-21(33)34)13-16-4-2-1-3-5-16/h1-5H,6-15H2,(H4-,25,26,27,28,29,30,31,32,33,34)/p+1. The molecule has 1 aromatic rings. The number of benzene rings is 1. The lowest BCUT2D eigenvalue weighted by molar-refractivity contribution is -0.927. The Morgan fingerprint density at radius 1 is 0.618 bits per heavy atom. The molecule has 13 heteroatoms. The van der Waals surface area contributed by atoms with Crippen LogP contribution in [0.15, 0.2) is 30.3 Å². The third kappa shape index (κ3) is 11.9. The zero-order chi connectivity index (χ0) is 25.7. The summed E-state index contributed by atoms with van der Waals surface area (Å²) >= 11 is 0. The average Bonchev–Trinajstić information content (AvgIpc) is 2.68. The van der Waals surface area contributed by atoms with Crippen molar-refractivity contribution in [2.45, 2.75) is 6.54 Å². The molecule has 0 aromatic heterocycles. The Balaban J connectivity index is 3.07. The van der Waals surface area contributed by atoms with Crippen LogP contribution < -0.4 is 0 Å². The SMILES string of the molecule is O=C(O)CN(CCN(CC(=O)O)CC(=O)O)CC[N+](CC(=O)O)(CC(=O)O)Cc1ccccc1. The lowest BCUT2D eigenvalue weighted by Crippen LogP contribution is -2.57. The molecule has 0 aliphatic carbocycles. The van der Waals surface area contributed by atoms with E-state index in [9.17, 15) is 39.3 Å². The molecule has 34 heavy (non-hydrogen) atoms. The maximum atomic E-state index is 11.6. The largest absolute Gasteiger partial charge is 0.480 e. The van der Waals surface area contributed by atoms with Gasteiger partial charge in [-0.05, 0) is 0 Å². The quantitative estimate of drug-likeness (QED) is 0.160. The summed E-state index contributed by atoms with van der Waals surface area (Å²) < 4.78 is -0.376. The molecular weight excluding hydrogens is 454 g/mol. The summed E-state index contributed by atoms with van der Waals surface area (Å²) in [5.74, 6) is -6.10. The van der Waals surface area contributed by atoms with Crippen molar-refractivity contribution in [3.8, 4) is 0 Å². The van der Waals surface area contributed by atoms with E-state index >= 15 is 0 Å². The Kier molecular flexibility index (Phi) is 11.6. The molecule has 188 valence electrons. The maximum absolute atomic E-state index is 11.6. The molecule has 1 aromatic carbocycles. The fourth-order valence-electron chi connectivity index (χ4n) is 3.64. The first-order chi connectivity index (χ1) is 15.9. The molecule has 13 nitrogen and oxygen atoms in total. The summed E-state index contributed by atoms with van der Waals surface area (Å²) in [7, 11) is 0. The highest BCUT2D eigenvalue weighted by Crippen LogP contribution is 2.16. The number of hydrogen-bond acceptors (Lipinski definition) is 7.